The summed E-state index contributed by atoms with van der Waals surface area (Å²) in [6, 6.07) is 72.7. The van der Waals surface area contributed by atoms with Crippen molar-refractivity contribution in [2.45, 2.75) is 119 Å². The molecule has 0 atom stereocenters. The van der Waals surface area contributed by atoms with Crippen LogP contribution in [0.2, 0.25) is 0 Å². The fourth-order valence-corrected chi connectivity index (χ4v) is 16.5. The van der Waals surface area contributed by atoms with E-state index in [1.165, 1.54) is 187 Å². The van der Waals surface area contributed by atoms with Gasteiger partial charge in [-0.15, -0.1) is 0 Å². The lowest BCUT2D eigenvalue weighted by atomic mass is 9.34. The maximum absolute atomic E-state index is 2.76. The zero-order valence-corrected chi connectivity index (χ0v) is 50.9. The van der Waals surface area contributed by atoms with Crippen molar-refractivity contribution < 1.29 is 0 Å². The molecular weight excluding hydrogens is 1010 g/mol. The third-order valence-corrected chi connectivity index (χ3v) is 20.4. The van der Waals surface area contributed by atoms with Gasteiger partial charge >= 0.3 is 0 Å². The van der Waals surface area contributed by atoms with E-state index in [0.717, 1.165) is 0 Å². The molecule has 84 heavy (non-hydrogen) atoms. The molecule has 0 aromatic heterocycles. The van der Waals surface area contributed by atoms with Gasteiger partial charge in [0, 0.05) is 0 Å². The van der Waals surface area contributed by atoms with Crippen LogP contribution in [-0.4, -0.2) is 13.4 Å². The minimum absolute atomic E-state index is 0.0690. The van der Waals surface area contributed by atoms with Gasteiger partial charge in [-0.1, -0.05) is 261 Å². The van der Waals surface area contributed by atoms with Crippen LogP contribution in [0.4, 0.5) is 0 Å². The number of rotatable bonds is 10. The molecule has 0 amide bonds. The van der Waals surface area contributed by atoms with Gasteiger partial charge in [0.1, 0.15) is 0 Å². The average Bonchev–Trinajstić information content (AvgIpc) is 1.17. The first-order valence-corrected chi connectivity index (χ1v) is 31.5. The summed E-state index contributed by atoms with van der Waals surface area (Å²) in [6.45, 7) is 29.1. The van der Waals surface area contributed by atoms with Crippen LogP contribution in [0.1, 0.15) is 152 Å². The van der Waals surface area contributed by atoms with Gasteiger partial charge in [-0.2, -0.15) is 0 Å². The summed E-state index contributed by atoms with van der Waals surface area (Å²) in [7, 11) is 0. The fourth-order valence-electron chi connectivity index (χ4n) is 16.5. The summed E-state index contributed by atoms with van der Waals surface area (Å²) in [5, 5.41) is 8.50. The van der Waals surface area contributed by atoms with Crippen molar-refractivity contribution in [1.29, 1.82) is 0 Å². The molecule has 12 aromatic carbocycles. The van der Waals surface area contributed by atoms with Crippen molar-refractivity contribution in [2.24, 2.45) is 0 Å². The fraction of sp³-hybridized carbons (Fsp3) is 0.220. The van der Waals surface area contributed by atoms with E-state index < -0.39 is 0 Å². The zero-order valence-electron chi connectivity index (χ0n) is 50.9. The van der Waals surface area contributed by atoms with Crippen LogP contribution in [0.15, 0.2) is 182 Å². The second-order valence-electron chi connectivity index (χ2n) is 27.3. The van der Waals surface area contributed by atoms with Gasteiger partial charge in [-0.25, -0.2) is 0 Å². The maximum Gasteiger partial charge on any atom is 0.244 e. The Bertz CT molecular complexity index is 4410. The molecule has 0 bridgehead atoms. The monoisotopic (exact) mass is 1080 g/mol. The molecule has 0 nitrogen and oxygen atoms in total. The van der Waals surface area contributed by atoms with Crippen molar-refractivity contribution in [3.63, 3.8) is 0 Å². The lowest BCUT2D eigenvalue weighted by Gasteiger charge is -2.34. The van der Waals surface area contributed by atoms with Crippen molar-refractivity contribution >= 4 is 78.5 Å². The summed E-state index contributed by atoms with van der Waals surface area (Å²) in [4.78, 5) is 0. The van der Waals surface area contributed by atoms with Gasteiger partial charge in [0.2, 0.25) is 13.4 Å². The molecule has 0 N–H and O–H groups in total. The second kappa shape index (κ2) is 18.7. The standard InChI is InChI=1S/C82H72B2/c1-43(2)51-31-57(45(5)6)75(58(32-51)46(7)8)61-39-63-69-37-53(49-23-15-13-16-24-49)35-67-55-27-20-22-30-72(55)84(81(67)69)74-42-66-62(76-59(47(9)10)33-52(44(3)4)34-60(76)48(11)12)40-64-70-38-54(50-25-17-14-18-26-50)36-68-56-28-19-21-29-71(56)83(82(68)70)73-41-65(61)79(77(63)74)80(66)78(64)73/h13-48H,1-12H3. The van der Waals surface area contributed by atoms with Crippen LogP contribution in [0.25, 0.3) is 121 Å². The SMILES string of the molecule is CC(C)c1cc(C(C)C)c(-c2cc3c4c(cc5c(-c6c(C(C)C)cc(C(C)C)cc6C(C)C)cc6c7c(cc2c4c57)B2c4ccccc4-c4cc(-c5ccccc5)cc-6c42)B2c4ccccc4-c4cc(-c5ccccc5)cc-3c42)c(C(C)C)c1. The Morgan fingerprint density at radius 2 is 0.560 bits per heavy atom. The third kappa shape index (κ3) is 7.16. The summed E-state index contributed by atoms with van der Waals surface area (Å²) in [6.07, 6.45) is 0. The molecule has 4 aliphatic heterocycles. The molecule has 2 heteroatoms. The van der Waals surface area contributed by atoms with Gasteiger partial charge in [-0.05, 0) is 227 Å². The molecule has 0 saturated carbocycles. The molecule has 12 aromatic rings. The Hall–Kier alpha value is -8.19. The minimum Gasteiger partial charge on any atom is -0.0664 e. The average molecular weight is 1080 g/mol. The molecule has 0 unspecified atom stereocenters. The predicted molar refractivity (Wildman–Crippen MR) is 367 cm³/mol. The van der Waals surface area contributed by atoms with Crippen LogP contribution >= 0.6 is 0 Å². The largest absolute Gasteiger partial charge is 0.244 e. The molecule has 0 saturated heterocycles. The number of benzene rings is 12. The Morgan fingerprint density at radius 3 is 0.893 bits per heavy atom. The Balaban J connectivity index is 1.18. The lowest BCUT2D eigenvalue weighted by molar-refractivity contribution is 0.807. The second-order valence-corrected chi connectivity index (χ2v) is 27.3. The Labute approximate surface area is 498 Å². The van der Waals surface area contributed by atoms with Crippen molar-refractivity contribution in [1.82, 2.24) is 0 Å². The van der Waals surface area contributed by atoms with Gasteiger partial charge in [-0.3, -0.25) is 0 Å². The van der Waals surface area contributed by atoms with E-state index in [-0.39, 0.29) is 13.4 Å². The molecule has 4 heterocycles. The summed E-state index contributed by atoms with van der Waals surface area (Å²) < 4.78 is 0. The van der Waals surface area contributed by atoms with Crippen LogP contribution in [0, 0.1) is 0 Å². The first-order valence-electron chi connectivity index (χ1n) is 31.5. The molecule has 0 spiro atoms. The molecule has 0 fully saturated rings. The molecule has 16 rings (SSSR count). The highest BCUT2D eigenvalue weighted by atomic mass is 14.4. The predicted octanol–water partition coefficient (Wildman–Crippen LogP) is 18.9. The van der Waals surface area contributed by atoms with E-state index in [1.54, 1.807) is 0 Å². The highest BCUT2D eigenvalue weighted by Gasteiger charge is 2.45. The van der Waals surface area contributed by atoms with E-state index >= 15 is 0 Å². The van der Waals surface area contributed by atoms with Gasteiger partial charge in [0.15, 0.2) is 0 Å². The lowest BCUT2D eigenvalue weighted by Crippen LogP contribution is -2.53. The van der Waals surface area contributed by atoms with E-state index in [4.69, 9.17) is 0 Å². The highest BCUT2D eigenvalue weighted by molar-refractivity contribution is 7.03. The van der Waals surface area contributed by atoms with Crippen molar-refractivity contribution in [2.75, 3.05) is 0 Å². The van der Waals surface area contributed by atoms with Crippen LogP contribution in [0.5, 0.6) is 0 Å². The normalized spacial score (nSPS) is 13.4. The van der Waals surface area contributed by atoms with Crippen molar-refractivity contribution in [3.8, 4) is 89.0 Å². The van der Waals surface area contributed by atoms with Gasteiger partial charge in [0.05, 0.1) is 0 Å². The summed E-state index contributed by atoms with van der Waals surface area (Å²) in [5.74, 6) is 2.02. The Kier molecular flexibility index (Phi) is 11.4. The topological polar surface area (TPSA) is 0 Å². The summed E-state index contributed by atoms with van der Waals surface area (Å²) >= 11 is 0. The van der Waals surface area contributed by atoms with Crippen LogP contribution in [0.3, 0.4) is 0 Å². The van der Waals surface area contributed by atoms with E-state index in [2.05, 4.69) is 265 Å². The highest BCUT2D eigenvalue weighted by Crippen LogP contribution is 2.55. The minimum atomic E-state index is 0.0690. The first-order chi connectivity index (χ1) is 40.7. The third-order valence-electron chi connectivity index (χ3n) is 20.4. The van der Waals surface area contributed by atoms with E-state index in [9.17, 15) is 0 Å². The molecule has 406 valence electrons. The molecule has 0 aliphatic carbocycles. The summed E-state index contributed by atoms with van der Waals surface area (Å²) in [5.41, 5.74) is 39.0. The van der Waals surface area contributed by atoms with E-state index in [1.807, 2.05) is 0 Å². The van der Waals surface area contributed by atoms with Crippen molar-refractivity contribution in [3.05, 3.63) is 215 Å². The molecule has 4 aliphatic rings. The van der Waals surface area contributed by atoms with Gasteiger partial charge in [0.25, 0.3) is 0 Å². The van der Waals surface area contributed by atoms with Crippen LogP contribution in [-0.2, 0) is 0 Å². The molecular formula is C82H72B2. The Morgan fingerprint density at radius 1 is 0.238 bits per heavy atom. The van der Waals surface area contributed by atoms with E-state index in [0.29, 0.717) is 35.5 Å². The number of hydrogen-bond acceptors (Lipinski definition) is 0. The number of hydrogen-bond donors (Lipinski definition) is 0. The maximum atomic E-state index is 2.76. The number of fused-ring (bicyclic) bond motifs is 10. The molecule has 0 radical (unpaired) electrons. The zero-order chi connectivity index (χ0) is 57.5. The smallest absolute Gasteiger partial charge is 0.0664 e. The quantitative estimate of drug-likeness (QED) is 0.0946. The van der Waals surface area contributed by atoms with Crippen LogP contribution < -0.4 is 32.8 Å². The first kappa shape index (κ1) is 51.4. The van der Waals surface area contributed by atoms with Gasteiger partial charge < -0.3 is 0 Å².